The maximum absolute atomic E-state index is 12.9. The average molecular weight is 344 g/mol. The van der Waals surface area contributed by atoms with Crippen molar-refractivity contribution in [1.29, 1.82) is 0 Å². The molecule has 25 heavy (non-hydrogen) atoms. The molecule has 0 saturated carbocycles. The van der Waals surface area contributed by atoms with E-state index >= 15 is 0 Å². The molecule has 2 aromatic rings. The summed E-state index contributed by atoms with van der Waals surface area (Å²) in [6, 6.07) is 0.282. The Labute approximate surface area is 146 Å². The van der Waals surface area contributed by atoms with Gasteiger partial charge in [0.2, 0.25) is 0 Å². The Hall–Kier alpha value is -2.53. The fourth-order valence-corrected chi connectivity index (χ4v) is 3.09. The van der Waals surface area contributed by atoms with Crippen molar-refractivity contribution in [2.24, 2.45) is 0 Å². The van der Waals surface area contributed by atoms with Gasteiger partial charge in [-0.2, -0.15) is 9.97 Å². The fourth-order valence-electron chi connectivity index (χ4n) is 3.09. The minimum Gasteiger partial charge on any atom is -0.467 e. The number of ether oxygens (including phenoxy) is 1. The summed E-state index contributed by atoms with van der Waals surface area (Å²) in [6.45, 7) is 8.14. The molecule has 2 aromatic heterocycles. The second-order valence-electron chi connectivity index (χ2n) is 5.89. The normalized spacial score (nSPS) is 14.4. The van der Waals surface area contributed by atoms with E-state index in [1.165, 1.54) is 0 Å². The predicted octanol–water partition coefficient (Wildman–Crippen LogP) is 0.444. The Morgan fingerprint density at radius 3 is 2.64 bits per heavy atom. The first kappa shape index (κ1) is 17.3. The number of fused-ring (bicyclic) bond motifs is 1. The first-order valence-electron chi connectivity index (χ1n) is 8.61. The summed E-state index contributed by atoms with van der Waals surface area (Å²) >= 11 is 0. The number of nitrogens with one attached hydrogen (secondary N) is 1. The fraction of sp³-hybridized carbons (Fsp3) is 0.588. The molecule has 0 aliphatic carbocycles. The summed E-state index contributed by atoms with van der Waals surface area (Å²) in [4.78, 5) is 24.2. The molecular formula is C17H24N6O2. The molecule has 1 aliphatic rings. The molecule has 8 heteroatoms. The minimum absolute atomic E-state index is 0.0986. The number of hydrogen-bond acceptors (Lipinski definition) is 6. The quantitative estimate of drug-likeness (QED) is 0.794. The number of imidazole rings is 1. The molecule has 3 heterocycles. The van der Waals surface area contributed by atoms with Crippen molar-refractivity contribution in [3.05, 3.63) is 10.5 Å². The molecule has 1 aliphatic heterocycles. The van der Waals surface area contributed by atoms with Gasteiger partial charge in [-0.05, 0) is 13.3 Å². The number of methoxy groups -OCH3 is 1. The topological polar surface area (TPSA) is 77.2 Å². The molecule has 1 N–H and O–H groups in total. The molecule has 3 rings (SSSR count). The predicted molar refractivity (Wildman–Crippen MR) is 97.2 cm³/mol. The van der Waals surface area contributed by atoms with Gasteiger partial charge in [-0.3, -0.25) is 9.13 Å². The van der Waals surface area contributed by atoms with Crippen molar-refractivity contribution < 1.29 is 4.74 Å². The van der Waals surface area contributed by atoms with E-state index in [9.17, 15) is 4.79 Å². The molecule has 1 fully saturated rings. The number of nitrogens with zero attached hydrogens (tertiary/aromatic N) is 5. The summed E-state index contributed by atoms with van der Waals surface area (Å²) in [6.07, 6.45) is 0.841. The third-order valence-electron chi connectivity index (χ3n) is 4.27. The van der Waals surface area contributed by atoms with Crippen LogP contribution < -0.4 is 20.6 Å². The molecule has 0 aromatic carbocycles. The average Bonchev–Trinajstić information content (AvgIpc) is 2.92. The van der Waals surface area contributed by atoms with Crippen LogP contribution in [0.1, 0.15) is 20.3 Å². The SMILES string of the molecule is CC#CCn1c(=O)n(CCC)c2nc(OC)nc(N3CCNCC3)c21. The monoisotopic (exact) mass is 344 g/mol. The van der Waals surface area contributed by atoms with Crippen molar-refractivity contribution in [2.45, 2.75) is 33.4 Å². The van der Waals surface area contributed by atoms with Gasteiger partial charge in [0.25, 0.3) is 0 Å². The zero-order chi connectivity index (χ0) is 17.8. The molecule has 0 spiro atoms. The number of aryl methyl sites for hydroxylation is 1. The summed E-state index contributed by atoms with van der Waals surface area (Å²) in [5.41, 5.74) is 1.26. The third-order valence-corrected chi connectivity index (χ3v) is 4.27. The van der Waals surface area contributed by atoms with E-state index in [-0.39, 0.29) is 11.7 Å². The number of hydrogen-bond donors (Lipinski definition) is 1. The van der Waals surface area contributed by atoms with E-state index in [0.29, 0.717) is 18.7 Å². The van der Waals surface area contributed by atoms with Crippen LogP contribution in [0, 0.1) is 11.8 Å². The van der Waals surface area contributed by atoms with Crippen LogP contribution in [0.3, 0.4) is 0 Å². The van der Waals surface area contributed by atoms with Crippen LogP contribution >= 0.6 is 0 Å². The largest absolute Gasteiger partial charge is 0.467 e. The summed E-state index contributed by atoms with van der Waals surface area (Å²) in [7, 11) is 1.55. The smallest absolute Gasteiger partial charge is 0.331 e. The van der Waals surface area contributed by atoms with E-state index in [2.05, 4.69) is 32.0 Å². The first-order valence-corrected chi connectivity index (χ1v) is 8.61. The Balaban J connectivity index is 2.29. The lowest BCUT2D eigenvalue weighted by atomic mass is 10.3. The summed E-state index contributed by atoms with van der Waals surface area (Å²) < 4.78 is 8.68. The molecule has 134 valence electrons. The Bertz CT molecular complexity index is 867. The Morgan fingerprint density at radius 1 is 1.24 bits per heavy atom. The van der Waals surface area contributed by atoms with Crippen LogP contribution in [0.25, 0.3) is 11.2 Å². The molecule has 0 bridgehead atoms. The highest BCUT2D eigenvalue weighted by Gasteiger charge is 2.24. The highest BCUT2D eigenvalue weighted by Crippen LogP contribution is 2.26. The number of aromatic nitrogens is 4. The van der Waals surface area contributed by atoms with Gasteiger partial charge in [0.15, 0.2) is 11.5 Å². The highest BCUT2D eigenvalue weighted by molar-refractivity contribution is 5.85. The minimum atomic E-state index is -0.0986. The van der Waals surface area contributed by atoms with Crippen LogP contribution in [-0.4, -0.2) is 52.4 Å². The number of rotatable bonds is 5. The van der Waals surface area contributed by atoms with Crippen LogP contribution in [-0.2, 0) is 13.1 Å². The molecule has 1 saturated heterocycles. The lowest BCUT2D eigenvalue weighted by Gasteiger charge is -2.29. The molecule has 8 nitrogen and oxygen atoms in total. The van der Waals surface area contributed by atoms with E-state index in [0.717, 1.165) is 43.9 Å². The van der Waals surface area contributed by atoms with Gasteiger partial charge in [0, 0.05) is 32.7 Å². The summed E-state index contributed by atoms with van der Waals surface area (Å²) in [5.74, 6) is 6.60. The van der Waals surface area contributed by atoms with Gasteiger partial charge in [-0.25, -0.2) is 4.79 Å². The molecule has 0 unspecified atom stereocenters. The summed E-state index contributed by atoms with van der Waals surface area (Å²) in [5, 5.41) is 3.33. The standard InChI is InChI=1S/C17H24N6O2/c1-4-6-10-22-13-14(21-11-7-18-8-12-21)19-16(25-3)20-15(13)23(9-5-2)17(22)24/h18H,5,7-12H2,1-3H3. The second-order valence-corrected chi connectivity index (χ2v) is 5.89. The van der Waals surface area contributed by atoms with E-state index in [1.54, 1.807) is 23.2 Å². The van der Waals surface area contributed by atoms with E-state index < -0.39 is 0 Å². The number of anilines is 1. The van der Waals surface area contributed by atoms with Crippen molar-refractivity contribution in [1.82, 2.24) is 24.4 Å². The first-order chi connectivity index (χ1) is 12.2. The van der Waals surface area contributed by atoms with Crippen LogP contribution in [0.5, 0.6) is 6.01 Å². The maximum Gasteiger partial charge on any atom is 0.331 e. The Morgan fingerprint density at radius 2 is 2.00 bits per heavy atom. The van der Waals surface area contributed by atoms with Crippen molar-refractivity contribution in [2.75, 3.05) is 38.2 Å². The van der Waals surface area contributed by atoms with Gasteiger partial charge < -0.3 is 15.0 Å². The zero-order valence-corrected chi connectivity index (χ0v) is 15.0. The van der Waals surface area contributed by atoms with Gasteiger partial charge in [0.05, 0.1) is 13.7 Å². The van der Waals surface area contributed by atoms with Gasteiger partial charge >= 0.3 is 11.7 Å². The lowest BCUT2D eigenvalue weighted by Crippen LogP contribution is -2.44. The van der Waals surface area contributed by atoms with E-state index in [4.69, 9.17) is 4.74 Å². The lowest BCUT2D eigenvalue weighted by molar-refractivity contribution is 0.380. The zero-order valence-electron chi connectivity index (χ0n) is 15.0. The maximum atomic E-state index is 12.9. The van der Waals surface area contributed by atoms with E-state index in [1.807, 2.05) is 6.92 Å². The highest BCUT2D eigenvalue weighted by atomic mass is 16.5. The van der Waals surface area contributed by atoms with Crippen LogP contribution in [0.15, 0.2) is 4.79 Å². The third kappa shape index (κ3) is 3.20. The molecule has 0 amide bonds. The molecule has 0 atom stereocenters. The molecular weight excluding hydrogens is 320 g/mol. The van der Waals surface area contributed by atoms with Crippen molar-refractivity contribution >= 4 is 17.0 Å². The van der Waals surface area contributed by atoms with Crippen LogP contribution in [0.2, 0.25) is 0 Å². The second kappa shape index (κ2) is 7.57. The van der Waals surface area contributed by atoms with Crippen molar-refractivity contribution in [3.8, 4) is 17.9 Å². The van der Waals surface area contributed by atoms with Gasteiger partial charge in [-0.1, -0.05) is 12.8 Å². The Kier molecular flexibility index (Phi) is 5.24. The van der Waals surface area contributed by atoms with Gasteiger partial charge in [0.1, 0.15) is 5.52 Å². The number of piperazine rings is 1. The van der Waals surface area contributed by atoms with Gasteiger partial charge in [-0.15, -0.1) is 5.92 Å². The van der Waals surface area contributed by atoms with Crippen molar-refractivity contribution in [3.63, 3.8) is 0 Å². The van der Waals surface area contributed by atoms with Crippen LogP contribution in [0.4, 0.5) is 5.82 Å². The molecule has 0 radical (unpaired) electrons.